The Balaban J connectivity index is 2.57. The van der Waals surface area contributed by atoms with Gasteiger partial charge in [0.25, 0.3) is 0 Å². The molecule has 0 aromatic heterocycles. The topological polar surface area (TPSA) is 35.5 Å². The maximum Gasteiger partial charge on any atom is 0.131 e. The molecule has 3 heteroatoms. The van der Waals surface area contributed by atoms with Crippen molar-refractivity contribution in [1.82, 2.24) is 10.2 Å². The Kier molecular flexibility index (Phi) is 2.87. The van der Waals surface area contributed by atoms with Crippen LogP contribution < -0.4 is 5.32 Å². The van der Waals surface area contributed by atoms with E-state index in [2.05, 4.69) is 5.32 Å². The molecule has 1 aliphatic rings. The number of nitrogens with one attached hydrogen (secondary N) is 1. The van der Waals surface area contributed by atoms with Gasteiger partial charge in [-0.2, -0.15) is 0 Å². The highest BCUT2D eigenvalue weighted by Crippen LogP contribution is 2.18. The molecule has 0 aliphatic carbocycles. The first-order chi connectivity index (χ1) is 5.23. The van der Waals surface area contributed by atoms with Gasteiger partial charge in [-0.15, -0.1) is 0 Å². The molecule has 1 heterocycles. The van der Waals surface area contributed by atoms with Gasteiger partial charge in [0.1, 0.15) is 5.72 Å². The number of aliphatic hydroxyl groups is 1. The van der Waals surface area contributed by atoms with Crippen molar-refractivity contribution in [3.63, 3.8) is 0 Å². The van der Waals surface area contributed by atoms with Crippen molar-refractivity contribution in [1.29, 1.82) is 0 Å². The van der Waals surface area contributed by atoms with Crippen molar-refractivity contribution in [2.24, 2.45) is 0 Å². The second-order valence-electron chi connectivity index (χ2n) is 2.96. The van der Waals surface area contributed by atoms with E-state index in [1.165, 1.54) is 0 Å². The van der Waals surface area contributed by atoms with Crippen LogP contribution in [-0.4, -0.2) is 35.4 Å². The van der Waals surface area contributed by atoms with Crippen molar-refractivity contribution < 1.29 is 5.11 Å². The molecule has 1 rings (SSSR count). The molecule has 1 saturated heterocycles. The molecule has 1 unspecified atom stereocenters. The van der Waals surface area contributed by atoms with Crippen LogP contribution in [0.1, 0.15) is 20.3 Å². The van der Waals surface area contributed by atoms with Crippen LogP contribution in [0.15, 0.2) is 0 Å². The third-order valence-corrected chi connectivity index (χ3v) is 2.35. The second-order valence-corrected chi connectivity index (χ2v) is 2.96. The minimum absolute atomic E-state index is 0.646. The smallest absolute Gasteiger partial charge is 0.131 e. The Morgan fingerprint density at radius 1 is 1.73 bits per heavy atom. The summed E-state index contributed by atoms with van der Waals surface area (Å²) in [6, 6.07) is 0. The van der Waals surface area contributed by atoms with E-state index < -0.39 is 5.72 Å². The maximum absolute atomic E-state index is 9.97. The zero-order chi connectivity index (χ0) is 8.32. The van der Waals surface area contributed by atoms with Crippen LogP contribution in [0.25, 0.3) is 0 Å². The molecular formula is C8H17N2O. The summed E-state index contributed by atoms with van der Waals surface area (Å²) in [6.45, 7) is 8.47. The zero-order valence-corrected chi connectivity index (χ0v) is 7.30. The van der Waals surface area contributed by atoms with Crippen LogP contribution in [0.2, 0.25) is 0 Å². The Hall–Kier alpha value is -0.120. The third kappa shape index (κ3) is 1.72. The second kappa shape index (κ2) is 3.52. The Morgan fingerprint density at radius 2 is 2.45 bits per heavy atom. The predicted octanol–water partition coefficient (Wildman–Crippen LogP) is 0.172. The maximum atomic E-state index is 9.97. The van der Waals surface area contributed by atoms with E-state index in [9.17, 15) is 5.11 Å². The van der Waals surface area contributed by atoms with E-state index in [0.717, 1.165) is 19.5 Å². The third-order valence-electron chi connectivity index (χ3n) is 2.35. The summed E-state index contributed by atoms with van der Waals surface area (Å²) in [5, 5.41) is 13.2. The number of hydrogen-bond donors (Lipinski definition) is 2. The van der Waals surface area contributed by atoms with Crippen LogP contribution in [0.5, 0.6) is 0 Å². The average molecular weight is 157 g/mol. The van der Waals surface area contributed by atoms with Crippen LogP contribution in [0, 0.1) is 6.54 Å². The lowest BCUT2D eigenvalue weighted by Crippen LogP contribution is -2.59. The standard InChI is InChI=1S/C8H17N2O/c1-3-8(11)7-9-5-6-10(8)4-2/h4,9,11H,3,5-7H2,1-2H3. The van der Waals surface area contributed by atoms with E-state index in [1.807, 2.05) is 25.3 Å². The first kappa shape index (κ1) is 8.97. The first-order valence-corrected chi connectivity index (χ1v) is 4.22. The minimum Gasteiger partial charge on any atom is -0.374 e. The summed E-state index contributed by atoms with van der Waals surface area (Å²) in [6.07, 6.45) is 0.768. The van der Waals surface area contributed by atoms with Gasteiger partial charge in [-0.3, -0.25) is 4.90 Å². The quantitative estimate of drug-likeness (QED) is 0.600. The molecular weight excluding hydrogens is 140 g/mol. The van der Waals surface area contributed by atoms with E-state index in [1.54, 1.807) is 0 Å². The molecule has 65 valence electrons. The lowest BCUT2D eigenvalue weighted by Gasteiger charge is -2.42. The van der Waals surface area contributed by atoms with Crippen molar-refractivity contribution in [3.05, 3.63) is 6.54 Å². The number of β-amino-alcohol motifs (C(OH)–C–C–N with tert-alkyl or cyclic N) is 1. The Bertz CT molecular complexity index is 129. The molecule has 0 spiro atoms. The van der Waals surface area contributed by atoms with Crippen molar-refractivity contribution in [2.45, 2.75) is 26.0 Å². The van der Waals surface area contributed by atoms with E-state index in [0.29, 0.717) is 6.54 Å². The van der Waals surface area contributed by atoms with Gasteiger partial charge in [-0.1, -0.05) is 6.92 Å². The minimum atomic E-state index is -0.646. The first-order valence-electron chi connectivity index (χ1n) is 4.22. The fourth-order valence-corrected chi connectivity index (χ4v) is 1.50. The molecule has 0 aromatic rings. The number of piperazine rings is 1. The van der Waals surface area contributed by atoms with Gasteiger partial charge in [0, 0.05) is 26.2 Å². The molecule has 1 atom stereocenters. The van der Waals surface area contributed by atoms with Gasteiger partial charge >= 0.3 is 0 Å². The normalized spacial score (nSPS) is 34.1. The molecule has 0 saturated carbocycles. The van der Waals surface area contributed by atoms with Gasteiger partial charge < -0.3 is 10.4 Å². The Morgan fingerprint density at radius 3 is 2.91 bits per heavy atom. The molecule has 3 nitrogen and oxygen atoms in total. The fourth-order valence-electron chi connectivity index (χ4n) is 1.50. The lowest BCUT2D eigenvalue weighted by molar-refractivity contribution is -0.107. The summed E-state index contributed by atoms with van der Waals surface area (Å²) >= 11 is 0. The molecule has 0 aromatic carbocycles. The molecule has 0 amide bonds. The van der Waals surface area contributed by atoms with E-state index in [4.69, 9.17) is 0 Å². The van der Waals surface area contributed by atoms with Gasteiger partial charge in [0.2, 0.25) is 0 Å². The number of hydrogen-bond acceptors (Lipinski definition) is 3. The van der Waals surface area contributed by atoms with Crippen molar-refractivity contribution in [3.8, 4) is 0 Å². The molecule has 0 bridgehead atoms. The lowest BCUT2D eigenvalue weighted by atomic mass is 10.1. The molecule has 11 heavy (non-hydrogen) atoms. The molecule has 1 aliphatic heterocycles. The van der Waals surface area contributed by atoms with E-state index >= 15 is 0 Å². The van der Waals surface area contributed by atoms with Crippen LogP contribution in [0.3, 0.4) is 0 Å². The van der Waals surface area contributed by atoms with Gasteiger partial charge in [-0.05, 0) is 13.3 Å². The predicted molar refractivity (Wildman–Crippen MR) is 44.8 cm³/mol. The van der Waals surface area contributed by atoms with Crippen molar-refractivity contribution >= 4 is 0 Å². The van der Waals surface area contributed by atoms with Gasteiger partial charge in [-0.25, -0.2) is 0 Å². The number of rotatable bonds is 2. The summed E-state index contributed by atoms with van der Waals surface area (Å²) < 4.78 is 0. The molecule has 1 fully saturated rings. The molecule has 2 N–H and O–H groups in total. The fraction of sp³-hybridized carbons (Fsp3) is 0.875. The number of nitrogens with zero attached hydrogens (tertiary/aromatic N) is 1. The monoisotopic (exact) mass is 157 g/mol. The van der Waals surface area contributed by atoms with Crippen LogP contribution >= 0.6 is 0 Å². The van der Waals surface area contributed by atoms with Gasteiger partial charge in [0.05, 0.1) is 0 Å². The van der Waals surface area contributed by atoms with Crippen LogP contribution in [-0.2, 0) is 0 Å². The summed E-state index contributed by atoms with van der Waals surface area (Å²) in [7, 11) is 0. The largest absolute Gasteiger partial charge is 0.374 e. The summed E-state index contributed by atoms with van der Waals surface area (Å²) in [5.74, 6) is 0. The van der Waals surface area contributed by atoms with Crippen LogP contribution in [0.4, 0.5) is 0 Å². The summed E-state index contributed by atoms with van der Waals surface area (Å²) in [5.41, 5.74) is -0.646. The Labute approximate surface area is 68.4 Å². The SMILES string of the molecule is C[CH]N1CCNCC1(O)CC. The summed E-state index contributed by atoms with van der Waals surface area (Å²) in [4.78, 5) is 2.00. The van der Waals surface area contributed by atoms with E-state index in [-0.39, 0.29) is 0 Å². The zero-order valence-electron chi connectivity index (χ0n) is 7.30. The highest BCUT2D eigenvalue weighted by molar-refractivity contribution is 4.87. The molecule has 1 radical (unpaired) electrons. The van der Waals surface area contributed by atoms with Gasteiger partial charge in [0.15, 0.2) is 0 Å². The average Bonchev–Trinajstić information content (AvgIpc) is 2.05. The van der Waals surface area contributed by atoms with Crippen molar-refractivity contribution in [2.75, 3.05) is 19.6 Å². The highest BCUT2D eigenvalue weighted by Gasteiger charge is 2.33. The highest BCUT2D eigenvalue weighted by atomic mass is 16.3.